The predicted molar refractivity (Wildman–Crippen MR) is 99.5 cm³/mol. The number of nitrogens with one attached hydrogen (secondary N) is 1. The summed E-state index contributed by atoms with van der Waals surface area (Å²) in [6, 6.07) is 7.65. The standard InChI is InChI=1S/C16H14ClN5O2S2/c1-25-16-21-14(10-6-7-10)20-15(22-16)19-9-11(8-18)26(23,24)13-5-3-2-4-12(13)17/h2-5,9-10H,6-7H2,1H3,(H,19,20,21,22)/b11-9+. The molecule has 1 fully saturated rings. The number of sulfone groups is 1. The molecule has 0 saturated heterocycles. The molecule has 1 aromatic heterocycles. The fraction of sp³-hybridized carbons (Fsp3) is 0.250. The Kier molecular flexibility index (Phi) is 5.46. The summed E-state index contributed by atoms with van der Waals surface area (Å²) in [5.41, 5.74) is 0. The highest BCUT2D eigenvalue weighted by Gasteiger charge is 2.28. The minimum atomic E-state index is -4.05. The van der Waals surface area contributed by atoms with Crippen LogP contribution in [0.25, 0.3) is 0 Å². The molecule has 0 bridgehead atoms. The largest absolute Gasteiger partial charge is 0.329 e. The highest BCUT2D eigenvalue weighted by Crippen LogP contribution is 2.38. The van der Waals surface area contributed by atoms with Crippen LogP contribution in [-0.4, -0.2) is 29.6 Å². The number of allylic oxidation sites excluding steroid dienone is 1. The predicted octanol–water partition coefficient (Wildman–Crippen LogP) is 3.38. The maximum absolute atomic E-state index is 12.6. The Labute approximate surface area is 160 Å². The maximum atomic E-state index is 12.6. The quantitative estimate of drug-likeness (QED) is 0.573. The first-order valence-electron chi connectivity index (χ1n) is 7.62. The van der Waals surface area contributed by atoms with Crippen LogP contribution in [0.5, 0.6) is 0 Å². The fourth-order valence-corrected chi connectivity index (χ4v) is 4.09. The first kappa shape index (κ1) is 18.6. The van der Waals surface area contributed by atoms with Gasteiger partial charge >= 0.3 is 0 Å². The van der Waals surface area contributed by atoms with Gasteiger partial charge in [0.25, 0.3) is 0 Å². The maximum Gasteiger partial charge on any atom is 0.231 e. The highest BCUT2D eigenvalue weighted by atomic mass is 35.5. The van der Waals surface area contributed by atoms with Crippen molar-refractivity contribution >= 4 is 39.1 Å². The summed E-state index contributed by atoms with van der Waals surface area (Å²) in [6.07, 6.45) is 4.97. The molecule has 1 aliphatic carbocycles. The lowest BCUT2D eigenvalue weighted by Gasteiger charge is -2.07. The van der Waals surface area contributed by atoms with Gasteiger partial charge in [0, 0.05) is 12.1 Å². The zero-order valence-electron chi connectivity index (χ0n) is 13.7. The molecule has 2 aromatic rings. The zero-order chi connectivity index (χ0) is 18.7. The van der Waals surface area contributed by atoms with Gasteiger partial charge in [0.2, 0.25) is 15.8 Å². The Morgan fingerprint density at radius 1 is 1.35 bits per heavy atom. The topological polar surface area (TPSA) is 109 Å². The average molecular weight is 408 g/mol. The van der Waals surface area contributed by atoms with E-state index in [0.29, 0.717) is 16.9 Å². The molecular formula is C16H14ClN5O2S2. The molecule has 1 heterocycles. The Morgan fingerprint density at radius 2 is 2.08 bits per heavy atom. The normalized spacial score (nSPS) is 14.7. The van der Waals surface area contributed by atoms with Gasteiger partial charge in [-0.1, -0.05) is 35.5 Å². The number of aromatic nitrogens is 3. The van der Waals surface area contributed by atoms with Crippen molar-refractivity contribution in [3.63, 3.8) is 0 Å². The molecule has 0 radical (unpaired) electrons. The van der Waals surface area contributed by atoms with Crippen LogP contribution in [0.2, 0.25) is 5.02 Å². The second-order valence-electron chi connectivity index (χ2n) is 5.48. The van der Waals surface area contributed by atoms with Crippen LogP contribution in [0, 0.1) is 11.3 Å². The van der Waals surface area contributed by atoms with E-state index in [9.17, 15) is 13.7 Å². The molecule has 3 rings (SSSR count). The monoisotopic (exact) mass is 407 g/mol. The van der Waals surface area contributed by atoms with Crippen molar-refractivity contribution in [2.75, 3.05) is 11.6 Å². The third-order valence-electron chi connectivity index (χ3n) is 3.62. The van der Waals surface area contributed by atoms with Crippen LogP contribution in [0.3, 0.4) is 0 Å². The van der Waals surface area contributed by atoms with Crippen molar-refractivity contribution in [1.29, 1.82) is 5.26 Å². The molecule has 7 nitrogen and oxygen atoms in total. The number of benzene rings is 1. The number of rotatable bonds is 6. The summed E-state index contributed by atoms with van der Waals surface area (Å²) >= 11 is 7.32. The lowest BCUT2D eigenvalue weighted by Crippen LogP contribution is -2.08. The van der Waals surface area contributed by atoms with Gasteiger partial charge in [0.15, 0.2) is 10.1 Å². The number of thioether (sulfide) groups is 1. The van der Waals surface area contributed by atoms with Crippen LogP contribution in [0.1, 0.15) is 24.6 Å². The second kappa shape index (κ2) is 7.61. The molecule has 26 heavy (non-hydrogen) atoms. The first-order valence-corrected chi connectivity index (χ1v) is 10.7. The summed E-state index contributed by atoms with van der Waals surface area (Å²) in [5.74, 6) is 1.19. The van der Waals surface area contributed by atoms with E-state index < -0.39 is 14.7 Å². The number of hydrogen-bond acceptors (Lipinski definition) is 8. The van der Waals surface area contributed by atoms with E-state index in [1.54, 1.807) is 18.2 Å². The number of nitriles is 1. The molecule has 10 heteroatoms. The third-order valence-corrected chi connectivity index (χ3v) is 6.33. The van der Waals surface area contributed by atoms with Gasteiger partial charge in [0.05, 0.1) is 9.92 Å². The molecule has 1 aromatic carbocycles. The summed E-state index contributed by atoms with van der Waals surface area (Å²) in [5, 5.41) is 12.6. The molecule has 1 N–H and O–H groups in total. The summed E-state index contributed by atoms with van der Waals surface area (Å²) in [7, 11) is -4.05. The lowest BCUT2D eigenvalue weighted by atomic mass is 10.4. The molecule has 0 atom stereocenters. The third kappa shape index (κ3) is 3.98. The smallest absolute Gasteiger partial charge is 0.231 e. The summed E-state index contributed by atoms with van der Waals surface area (Å²) < 4.78 is 25.3. The van der Waals surface area contributed by atoms with Crippen molar-refractivity contribution in [2.45, 2.75) is 28.8 Å². The molecule has 0 unspecified atom stereocenters. The van der Waals surface area contributed by atoms with E-state index in [0.717, 1.165) is 19.0 Å². The Morgan fingerprint density at radius 3 is 2.69 bits per heavy atom. The lowest BCUT2D eigenvalue weighted by molar-refractivity contribution is 0.603. The van der Waals surface area contributed by atoms with E-state index >= 15 is 0 Å². The van der Waals surface area contributed by atoms with E-state index in [4.69, 9.17) is 11.6 Å². The van der Waals surface area contributed by atoms with Gasteiger partial charge in [0.1, 0.15) is 11.9 Å². The van der Waals surface area contributed by atoms with Gasteiger partial charge in [-0.05, 0) is 31.2 Å². The Hall–Kier alpha value is -2.15. The fourth-order valence-electron chi connectivity index (χ4n) is 2.13. The van der Waals surface area contributed by atoms with E-state index in [-0.39, 0.29) is 15.9 Å². The van der Waals surface area contributed by atoms with Crippen LogP contribution < -0.4 is 5.32 Å². The van der Waals surface area contributed by atoms with Gasteiger partial charge in [-0.3, -0.25) is 0 Å². The SMILES string of the molecule is CSc1nc(N/C=C(\C#N)S(=O)(=O)c2ccccc2Cl)nc(C2CC2)n1. The van der Waals surface area contributed by atoms with E-state index in [1.165, 1.54) is 23.9 Å². The van der Waals surface area contributed by atoms with Gasteiger partial charge in [-0.15, -0.1) is 0 Å². The molecule has 1 saturated carbocycles. The van der Waals surface area contributed by atoms with Crippen LogP contribution >= 0.6 is 23.4 Å². The van der Waals surface area contributed by atoms with E-state index in [2.05, 4.69) is 20.3 Å². The van der Waals surface area contributed by atoms with Gasteiger partial charge in [-0.2, -0.15) is 15.2 Å². The number of halogens is 1. The van der Waals surface area contributed by atoms with Crippen LogP contribution in [0.4, 0.5) is 5.95 Å². The number of hydrogen-bond donors (Lipinski definition) is 1. The molecule has 0 amide bonds. The first-order chi connectivity index (χ1) is 12.5. The Bertz CT molecular complexity index is 1010. The van der Waals surface area contributed by atoms with Crippen LogP contribution in [-0.2, 0) is 9.84 Å². The average Bonchev–Trinajstić information content (AvgIpc) is 3.47. The molecule has 0 spiro atoms. The molecular weight excluding hydrogens is 394 g/mol. The minimum absolute atomic E-state index is 0.0505. The zero-order valence-corrected chi connectivity index (χ0v) is 16.1. The molecule has 1 aliphatic rings. The van der Waals surface area contributed by atoms with Gasteiger partial charge < -0.3 is 5.32 Å². The van der Waals surface area contributed by atoms with Gasteiger partial charge in [-0.25, -0.2) is 13.4 Å². The van der Waals surface area contributed by atoms with Crippen molar-refractivity contribution in [2.24, 2.45) is 0 Å². The second-order valence-corrected chi connectivity index (χ2v) is 8.54. The number of nitrogens with zero attached hydrogens (tertiary/aromatic N) is 4. The Balaban J connectivity index is 1.92. The summed E-state index contributed by atoms with van der Waals surface area (Å²) in [4.78, 5) is 12.2. The van der Waals surface area contributed by atoms with Crippen molar-refractivity contribution < 1.29 is 8.42 Å². The summed E-state index contributed by atoms with van der Waals surface area (Å²) in [6.45, 7) is 0. The van der Waals surface area contributed by atoms with Crippen LogP contribution in [0.15, 0.2) is 45.4 Å². The minimum Gasteiger partial charge on any atom is -0.329 e. The molecule has 0 aliphatic heterocycles. The highest BCUT2D eigenvalue weighted by molar-refractivity contribution is 7.98. The van der Waals surface area contributed by atoms with Crippen molar-refractivity contribution in [3.8, 4) is 6.07 Å². The van der Waals surface area contributed by atoms with E-state index in [1.807, 2.05) is 6.26 Å². The van der Waals surface area contributed by atoms with Crippen molar-refractivity contribution in [1.82, 2.24) is 15.0 Å². The molecule has 134 valence electrons. The number of anilines is 1. The van der Waals surface area contributed by atoms with Crippen molar-refractivity contribution in [3.05, 3.63) is 46.2 Å².